The molecule has 0 fully saturated rings. The SMILES string of the molecule is CCCCCNC(=O)NC(C(=O)O)C(C)O. The number of carbonyl (C=O) groups is 2. The van der Waals surface area contributed by atoms with Crippen LogP contribution < -0.4 is 10.6 Å². The molecule has 6 heteroatoms. The van der Waals surface area contributed by atoms with Gasteiger partial charge in [0.05, 0.1) is 6.10 Å². The molecule has 0 spiro atoms. The van der Waals surface area contributed by atoms with Gasteiger partial charge in [-0.05, 0) is 13.3 Å². The van der Waals surface area contributed by atoms with Crippen LogP contribution in [0.5, 0.6) is 0 Å². The van der Waals surface area contributed by atoms with Crippen LogP contribution >= 0.6 is 0 Å². The first-order valence-corrected chi connectivity index (χ1v) is 5.44. The van der Waals surface area contributed by atoms with Crippen LogP contribution in [0.2, 0.25) is 0 Å². The van der Waals surface area contributed by atoms with E-state index >= 15 is 0 Å². The van der Waals surface area contributed by atoms with E-state index in [9.17, 15) is 9.59 Å². The number of aliphatic carboxylic acids is 1. The summed E-state index contributed by atoms with van der Waals surface area (Å²) in [6.07, 6.45) is 1.79. The van der Waals surface area contributed by atoms with Crippen molar-refractivity contribution in [2.75, 3.05) is 6.54 Å². The molecule has 2 unspecified atom stereocenters. The first-order chi connectivity index (χ1) is 7.49. The molecule has 0 aromatic heterocycles. The summed E-state index contributed by atoms with van der Waals surface area (Å²) in [5.41, 5.74) is 0. The Morgan fingerprint density at radius 2 is 1.94 bits per heavy atom. The molecule has 2 atom stereocenters. The minimum Gasteiger partial charge on any atom is -0.480 e. The second-order valence-electron chi connectivity index (χ2n) is 3.66. The summed E-state index contributed by atoms with van der Waals surface area (Å²) in [6, 6.07) is -1.84. The Hall–Kier alpha value is -1.30. The molecule has 2 amide bonds. The topological polar surface area (TPSA) is 98.7 Å². The van der Waals surface area contributed by atoms with Crippen LogP contribution in [0.15, 0.2) is 0 Å². The zero-order valence-electron chi connectivity index (χ0n) is 9.69. The number of carboxylic acid groups (broad SMARTS) is 1. The second-order valence-corrected chi connectivity index (χ2v) is 3.66. The van der Waals surface area contributed by atoms with Gasteiger partial charge in [-0.15, -0.1) is 0 Å². The zero-order chi connectivity index (χ0) is 12.6. The van der Waals surface area contributed by atoms with Gasteiger partial charge >= 0.3 is 12.0 Å². The molecule has 0 radical (unpaired) electrons. The molecule has 0 aliphatic carbocycles. The van der Waals surface area contributed by atoms with Crippen LogP contribution in [0.3, 0.4) is 0 Å². The van der Waals surface area contributed by atoms with Crippen LogP contribution in [0.1, 0.15) is 33.1 Å². The average Bonchev–Trinajstić information content (AvgIpc) is 2.20. The quantitative estimate of drug-likeness (QED) is 0.475. The Bertz CT molecular complexity index is 231. The third-order valence-corrected chi connectivity index (χ3v) is 2.10. The lowest BCUT2D eigenvalue weighted by atomic mass is 10.2. The van der Waals surface area contributed by atoms with Crippen molar-refractivity contribution in [3.63, 3.8) is 0 Å². The first kappa shape index (κ1) is 14.7. The first-order valence-electron chi connectivity index (χ1n) is 5.44. The molecule has 0 aliphatic rings. The molecule has 94 valence electrons. The third-order valence-electron chi connectivity index (χ3n) is 2.10. The number of carbonyl (C=O) groups excluding carboxylic acids is 1. The van der Waals surface area contributed by atoms with E-state index in [-0.39, 0.29) is 0 Å². The van der Waals surface area contributed by atoms with E-state index in [4.69, 9.17) is 10.2 Å². The summed E-state index contributed by atoms with van der Waals surface area (Å²) in [6.45, 7) is 3.87. The molecule has 0 aliphatic heterocycles. The maximum atomic E-state index is 11.2. The third kappa shape index (κ3) is 6.23. The van der Waals surface area contributed by atoms with E-state index in [1.807, 2.05) is 6.92 Å². The monoisotopic (exact) mass is 232 g/mol. The maximum absolute atomic E-state index is 11.2. The Morgan fingerprint density at radius 3 is 2.38 bits per heavy atom. The summed E-state index contributed by atoms with van der Waals surface area (Å²) < 4.78 is 0. The van der Waals surface area contributed by atoms with Crippen molar-refractivity contribution in [3.05, 3.63) is 0 Å². The van der Waals surface area contributed by atoms with Crippen LogP contribution in [-0.4, -0.2) is 40.9 Å². The second kappa shape index (κ2) is 7.92. The van der Waals surface area contributed by atoms with Gasteiger partial charge in [-0.3, -0.25) is 0 Å². The molecule has 16 heavy (non-hydrogen) atoms. The predicted molar refractivity (Wildman–Crippen MR) is 59.2 cm³/mol. The lowest BCUT2D eigenvalue weighted by Gasteiger charge is -2.17. The molecule has 0 heterocycles. The fourth-order valence-corrected chi connectivity index (χ4v) is 1.16. The summed E-state index contributed by atoms with van der Waals surface area (Å²) in [7, 11) is 0. The molecule has 0 saturated carbocycles. The Kier molecular flexibility index (Phi) is 7.28. The minimum atomic E-state index is -1.27. The fraction of sp³-hybridized carbons (Fsp3) is 0.800. The molecule has 6 nitrogen and oxygen atoms in total. The number of carboxylic acids is 1. The largest absolute Gasteiger partial charge is 0.480 e. The van der Waals surface area contributed by atoms with Crippen molar-refractivity contribution in [2.24, 2.45) is 0 Å². The van der Waals surface area contributed by atoms with Crippen LogP contribution in [-0.2, 0) is 4.79 Å². The highest BCUT2D eigenvalue weighted by Crippen LogP contribution is 1.94. The molecule has 0 rings (SSSR count). The minimum absolute atomic E-state index is 0.506. The number of urea groups is 1. The van der Waals surface area contributed by atoms with Crippen molar-refractivity contribution < 1.29 is 19.8 Å². The number of aliphatic hydroxyl groups is 1. The number of rotatable bonds is 7. The average molecular weight is 232 g/mol. The maximum Gasteiger partial charge on any atom is 0.328 e. The number of hydrogen-bond acceptors (Lipinski definition) is 3. The molecule has 0 bridgehead atoms. The Morgan fingerprint density at radius 1 is 1.31 bits per heavy atom. The molecule has 4 N–H and O–H groups in total. The number of aliphatic hydroxyl groups excluding tert-OH is 1. The van der Waals surface area contributed by atoms with E-state index in [1.165, 1.54) is 6.92 Å². The lowest BCUT2D eigenvalue weighted by molar-refractivity contribution is -0.141. The van der Waals surface area contributed by atoms with E-state index in [1.54, 1.807) is 0 Å². The number of nitrogens with one attached hydrogen (secondary N) is 2. The van der Waals surface area contributed by atoms with Gasteiger partial charge in [-0.1, -0.05) is 19.8 Å². The van der Waals surface area contributed by atoms with Gasteiger partial charge in [0.15, 0.2) is 6.04 Å². The van der Waals surface area contributed by atoms with Gasteiger partial charge < -0.3 is 20.8 Å². The zero-order valence-corrected chi connectivity index (χ0v) is 9.69. The Balaban J connectivity index is 3.87. The number of unbranched alkanes of at least 4 members (excludes halogenated alkanes) is 2. The molecular weight excluding hydrogens is 212 g/mol. The number of amides is 2. The number of hydrogen-bond donors (Lipinski definition) is 4. The van der Waals surface area contributed by atoms with Gasteiger partial charge in [0, 0.05) is 6.54 Å². The van der Waals surface area contributed by atoms with Gasteiger partial charge in [-0.2, -0.15) is 0 Å². The van der Waals surface area contributed by atoms with Crippen molar-refractivity contribution in [3.8, 4) is 0 Å². The van der Waals surface area contributed by atoms with Crippen molar-refractivity contribution in [2.45, 2.75) is 45.3 Å². The molecule has 0 aromatic carbocycles. The van der Waals surface area contributed by atoms with E-state index in [0.717, 1.165) is 19.3 Å². The lowest BCUT2D eigenvalue weighted by Crippen LogP contribution is -2.51. The fourth-order valence-electron chi connectivity index (χ4n) is 1.16. The Labute approximate surface area is 95.0 Å². The smallest absolute Gasteiger partial charge is 0.328 e. The van der Waals surface area contributed by atoms with Crippen LogP contribution in [0.25, 0.3) is 0 Å². The van der Waals surface area contributed by atoms with Gasteiger partial charge in [0.25, 0.3) is 0 Å². The summed E-state index contributed by atoms with van der Waals surface area (Å²) >= 11 is 0. The van der Waals surface area contributed by atoms with Crippen molar-refractivity contribution in [1.82, 2.24) is 10.6 Å². The van der Waals surface area contributed by atoms with Gasteiger partial charge in [-0.25, -0.2) is 9.59 Å². The van der Waals surface area contributed by atoms with Crippen molar-refractivity contribution >= 4 is 12.0 Å². The summed E-state index contributed by atoms with van der Waals surface area (Å²) in [4.78, 5) is 21.9. The van der Waals surface area contributed by atoms with Gasteiger partial charge in [0.2, 0.25) is 0 Å². The highest BCUT2D eigenvalue weighted by molar-refractivity contribution is 5.82. The highest BCUT2D eigenvalue weighted by atomic mass is 16.4. The van der Waals surface area contributed by atoms with Crippen molar-refractivity contribution in [1.29, 1.82) is 0 Å². The molecular formula is C10H20N2O4. The van der Waals surface area contributed by atoms with Gasteiger partial charge in [0.1, 0.15) is 0 Å². The van der Waals surface area contributed by atoms with E-state index in [2.05, 4.69) is 10.6 Å². The summed E-state index contributed by atoms with van der Waals surface area (Å²) in [5.74, 6) is -1.25. The summed E-state index contributed by atoms with van der Waals surface area (Å²) in [5, 5.41) is 22.5. The molecule has 0 saturated heterocycles. The van der Waals surface area contributed by atoms with E-state index in [0.29, 0.717) is 6.54 Å². The normalized spacial score (nSPS) is 13.9. The predicted octanol–water partition coefficient (Wildman–Crippen LogP) is 0.310. The highest BCUT2D eigenvalue weighted by Gasteiger charge is 2.24. The van der Waals surface area contributed by atoms with Crippen LogP contribution in [0.4, 0.5) is 4.79 Å². The van der Waals surface area contributed by atoms with E-state index < -0.39 is 24.1 Å². The standard InChI is InChI=1S/C10H20N2O4/c1-3-4-5-6-11-10(16)12-8(7(2)13)9(14)15/h7-8,13H,3-6H2,1-2H3,(H,14,15)(H2,11,12,16). The van der Waals surface area contributed by atoms with Crippen LogP contribution in [0, 0.1) is 0 Å². The molecule has 0 aromatic rings.